The Morgan fingerprint density at radius 1 is 1.12 bits per heavy atom. The maximum Gasteiger partial charge on any atom is 0.224 e. The van der Waals surface area contributed by atoms with E-state index in [0.29, 0.717) is 6.54 Å². The Morgan fingerprint density at radius 3 is 2.29 bits per heavy atom. The number of carbonyl (C=O) groups excluding carboxylic acids is 1. The van der Waals surface area contributed by atoms with Crippen molar-refractivity contribution < 1.29 is 4.79 Å². The van der Waals surface area contributed by atoms with Crippen molar-refractivity contribution in [1.29, 1.82) is 0 Å². The molecule has 2 unspecified atom stereocenters. The summed E-state index contributed by atoms with van der Waals surface area (Å²) >= 11 is 0. The number of hydrogen-bond acceptors (Lipinski definition) is 4. The van der Waals surface area contributed by atoms with Crippen molar-refractivity contribution in [1.82, 2.24) is 15.1 Å². The molecule has 2 rings (SSSR count). The van der Waals surface area contributed by atoms with E-state index in [1.165, 1.54) is 11.1 Å². The Kier molecular flexibility index (Phi) is 7.21. The van der Waals surface area contributed by atoms with Crippen LogP contribution >= 0.6 is 0 Å². The van der Waals surface area contributed by atoms with E-state index in [1.54, 1.807) is 0 Å². The minimum Gasteiger partial charge on any atom is -0.352 e. The molecule has 1 heterocycles. The molecular formula is C19H32N4O. The molecule has 0 aromatic heterocycles. The summed E-state index contributed by atoms with van der Waals surface area (Å²) in [4.78, 5) is 17.1. The quantitative estimate of drug-likeness (QED) is 0.793. The molecule has 1 aromatic carbocycles. The fourth-order valence-corrected chi connectivity index (χ4v) is 2.97. The van der Waals surface area contributed by atoms with Gasteiger partial charge in [-0.15, -0.1) is 0 Å². The lowest BCUT2D eigenvalue weighted by Gasteiger charge is -2.34. The van der Waals surface area contributed by atoms with Crippen LogP contribution < -0.4 is 11.1 Å². The van der Waals surface area contributed by atoms with Crippen molar-refractivity contribution in [2.45, 2.75) is 39.9 Å². The van der Waals surface area contributed by atoms with Crippen molar-refractivity contribution in [3.8, 4) is 0 Å². The number of nitrogens with zero attached hydrogens (tertiary/aromatic N) is 2. The molecule has 1 fully saturated rings. The van der Waals surface area contributed by atoms with Gasteiger partial charge in [0.15, 0.2) is 0 Å². The van der Waals surface area contributed by atoms with Crippen molar-refractivity contribution in [3.05, 3.63) is 35.4 Å². The highest BCUT2D eigenvalue weighted by Gasteiger charge is 2.18. The smallest absolute Gasteiger partial charge is 0.224 e. The zero-order chi connectivity index (χ0) is 17.5. The second-order valence-corrected chi connectivity index (χ2v) is 6.84. The third-order valence-corrected chi connectivity index (χ3v) is 5.08. The van der Waals surface area contributed by atoms with Crippen LogP contribution in [0.3, 0.4) is 0 Å². The van der Waals surface area contributed by atoms with E-state index in [0.717, 1.165) is 39.3 Å². The summed E-state index contributed by atoms with van der Waals surface area (Å²) in [6.07, 6.45) is 0. The molecule has 1 aliphatic heterocycles. The van der Waals surface area contributed by atoms with Gasteiger partial charge < -0.3 is 16.0 Å². The molecule has 0 radical (unpaired) electrons. The fourth-order valence-electron chi connectivity index (χ4n) is 2.97. The molecule has 3 N–H and O–H groups in total. The first kappa shape index (κ1) is 18.9. The van der Waals surface area contributed by atoms with Gasteiger partial charge >= 0.3 is 0 Å². The largest absolute Gasteiger partial charge is 0.352 e. The molecule has 0 bridgehead atoms. The normalized spacial score (nSPS) is 19.0. The Morgan fingerprint density at radius 2 is 1.71 bits per heavy atom. The number of nitrogens with one attached hydrogen (secondary N) is 1. The molecule has 24 heavy (non-hydrogen) atoms. The van der Waals surface area contributed by atoms with Crippen LogP contribution in [0, 0.1) is 5.92 Å². The number of carbonyl (C=O) groups is 1. The van der Waals surface area contributed by atoms with Crippen LogP contribution in [0.2, 0.25) is 0 Å². The van der Waals surface area contributed by atoms with E-state index in [9.17, 15) is 4.79 Å². The zero-order valence-corrected chi connectivity index (χ0v) is 15.3. The van der Waals surface area contributed by atoms with E-state index in [4.69, 9.17) is 5.73 Å². The third kappa shape index (κ3) is 5.30. The molecule has 5 heteroatoms. The highest BCUT2D eigenvalue weighted by Crippen LogP contribution is 2.14. The maximum atomic E-state index is 12.1. The number of rotatable bonds is 7. The molecule has 1 amide bonds. The summed E-state index contributed by atoms with van der Waals surface area (Å²) in [5, 5.41) is 3.03. The van der Waals surface area contributed by atoms with E-state index >= 15 is 0 Å². The van der Waals surface area contributed by atoms with Crippen molar-refractivity contribution in [2.24, 2.45) is 11.7 Å². The standard InChI is InChI=1S/C19H32N4O/c1-4-22-9-11-23(12-10-22)14-18-8-6-5-7-17(18)13-21-19(24)15(2)16(3)20/h5-8,15-16H,4,9-14,20H2,1-3H3,(H,21,24). The predicted molar refractivity (Wildman–Crippen MR) is 98.5 cm³/mol. The second kappa shape index (κ2) is 9.16. The van der Waals surface area contributed by atoms with Gasteiger partial charge in [-0.25, -0.2) is 0 Å². The topological polar surface area (TPSA) is 61.6 Å². The minimum absolute atomic E-state index is 0.0244. The van der Waals surface area contributed by atoms with Gasteiger partial charge in [-0.2, -0.15) is 0 Å². The average Bonchev–Trinajstić information content (AvgIpc) is 2.60. The van der Waals surface area contributed by atoms with Crippen molar-refractivity contribution in [3.63, 3.8) is 0 Å². The van der Waals surface area contributed by atoms with Gasteiger partial charge in [0.1, 0.15) is 0 Å². The lowest BCUT2D eigenvalue weighted by Crippen LogP contribution is -2.45. The van der Waals surface area contributed by atoms with Crippen molar-refractivity contribution in [2.75, 3.05) is 32.7 Å². The summed E-state index contributed by atoms with van der Waals surface area (Å²) in [5.41, 5.74) is 8.31. The SMILES string of the molecule is CCN1CCN(Cc2ccccc2CNC(=O)C(C)C(C)N)CC1. The van der Waals surface area contributed by atoms with Crippen LogP contribution in [0.4, 0.5) is 0 Å². The first-order valence-electron chi connectivity index (χ1n) is 9.06. The predicted octanol–water partition coefficient (Wildman–Crippen LogP) is 1.42. The van der Waals surface area contributed by atoms with Gasteiger partial charge in [0, 0.05) is 51.2 Å². The number of nitrogens with two attached hydrogens (primary N) is 1. The van der Waals surface area contributed by atoms with Gasteiger partial charge in [0.05, 0.1) is 0 Å². The van der Waals surface area contributed by atoms with Crippen LogP contribution in [0.25, 0.3) is 0 Å². The Hall–Kier alpha value is -1.43. The monoisotopic (exact) mass is 332 g/mol. The van der Waals surface area contributed by atoms with Gasteiger partial charge in [-0.3, -0.25) is 9.69 Å². The highest BCUT2D eigenvalue weighted by molar-refractivity contribution is 5.78. The second-order valence-electron chi connectivity index (χ2n) is 6.84. The van der Waals surface area contributed by atoms with E-state index in [-0.39, 0.29) is 17.9 Å². The fraction of sp³-hybridized carbons (Fsp3) is 0.632. The molecule has 2 atom stereocenters. The lowest BCUT2D eigenvalue weighted by atomic mass is 10.0. The van der Waals surface area contributed by atoms with Crippen LogP contribution in [-0.2, 0) is 17.9 Å². The first-order chi connectivity index (χ1) is 11.5. The number of amides is 1. The maximum absolute atomic E-state index is 12.1. The summed E-state index contributed by atoms with van der Waals surface area (Å²) in [7, 11) is 0. The lowest BCUT2D eigenvalue weighted by molar-refractivity contribution is -0.125. The molecule has 0 aliphatic carbocycles. The van der Waals surface area contributed by atoms with Gasteiger partial charge in [0.25, 0.3) is 0 Å². The Bertz CT molecular complexity index is 524. The number of likely N-dealkylation sites (N-methyl/N-ethyl adjacent to an activating group) is 1. The summed E-state index contributed by atoms with van der Waals surface area (Å²) in [6.45, 7) is 13.1. The van der Waals surface area contributed by atoms with Gasteiger partial charge in [-0.05, 0) is 24.6 Å². The number of piperazine rings is 1. The molecule has 0 saturated carbocycles. The van der Waals surface area contributed by atoms with E-state index < -0.39 is 0 Å². The molecule has 1 saturated heterocycles. The van der Waals surface area contributed by atoms with Crippen LogP contribution in [0.1, 0.15) is 31.9 Å². The summed E-state index contributed by atoms with van der Waals surface area (Å²) in [5.74, 6) is -0.143. The van der Waals surface area contributed by atoms with Crippen LogP contribution in [0.15, 0.2) is 24.3 Å². The minimum atomic E-state index is -0.167. The highest BCUT2D eigenvalue weighted by atomic mass is 16.1. The molecule has 134 valence electrons. The summed E-state index contributed by atoms with van der Waals surface area (Å²) < 4.78 is 0. The van der Waals surface area contributed by atoms with Gasteiger partial charge in [0.2, 0.25) is 5.91 Å². The average molecular weight is 332 g/mol. The Labute approximate surface area is 146 Å². The number of benzene rings is 1. The van der Waals surface area contributed by atoms with Crippen LogP contribution in [-0.4, -0.2) is 54.5 Å². The number of hydrogen-bond donors (Lipinski definition) is 2. The molecule has 0 spiro atoms. The zero-order valence-electron chi connectivity index (χ0n) is 15.3. The first-order valence-corrected chi connectivity index (χ1v) is 9.06. The third-order valence-electron chi connectivity index (χ3n) is 5.08. The Balaban J connectivity index is 1.92. The molecule has 1 aliphatic rings. The van der Waals surface area contributed by atoms with Gasteiger partial charge in [-0.1, -0.05) is 38.1 Å². The molecule has 1 aromatic rings. The molecule has 5 nitrogen and oxygen atoms in total. The van der Waals surface area contributed by atoms with Crippen LogP contribution in [0.5, 0.6) is 0 Å². The molecular weight excluding hydrogens is 300 g/mol. The van der Waals surface area contributed by atoms with E-state index in [1.807, 2.05) is 19.9 Å². The van der Waals surface area contributed by atoms with E-state index in [2.05, 4.69) is 40.2 Å². The van der Waals surface area contributed by atoms with Crippen molar-refractivity contribution >= 4 is 5.91 Å². The summed E-state index contributed by atoms with van der Waals surface area (Å²) in [6, 6.07) is 8.26.